The van der Waals surface area contributed by atoms with Crippen molar-refractivity contribution < 1.29 is 14.1 Å². The highest BCUT2D eigenvalue weighted by Crippen LogP contribution is 2.12. The molecule has 1 fully saturated rings. The van der Waals surface area contributed by atoms with Crippen molar-refractivity contribution in [1.29, 1.82) is 0 Å². The molecule has 6 nitrogen and oxygen atoms in total. The van der Waals surface area contributed by atoms with Crippen molar-refractivity contribution in [2.45, 2.75) is 25.7 Å². The van der Waals surface area contributed by atoms with Crippen LogP contribution in [0.4, 0.5) is 5.95 Å². The minimum Gasteiger partial charge on any atom is -0.378 e. The molecule has 1 saturated heterocycles. The summed E-state index contributed by atoms with van der Waals surface area (Å²) in [6.45, 7) is 3.04. The number of hydrogen-bond donors (Lipinski definition) is 0. The van der Waals surface area contributed by atoms with Crippen molar-refractivity contribution >= 4 is 12.2 Å². The van der Waals surface area contributed by atoms with E-state index in [9.17, 15) is 4.79 Å². The molecule has 6 heteroatoms. The number of unbranched alkanes of at least 4 members (excludes halogenated alkanes) is 2. The van der Waals surface area contributed by atoms with Gasteiger partial charge in [-0.1, -0.05) is 0 Å². The first kappa shape index (κ1) is 12.0. The van der Waals surface area contributed by atoms with Crippen LogP contribution >= 0.6 is 0 Å². The summed E-state index contributed by atoms with van der Waals surface area (Å²) >= 11 is 0. The SMILES string of the molecule is O=CCCCCc1nc(N2CCOCC2)no1. The number of aromatic nitrogens is 2. The Balaban J connectivity index is 1.80. The lowest BCUT2D eigenvalue weighted by molar-refractivity contribution is -0.107. The summed E-state index contributed by atoms with van der Waals surface area (Å²) in [5, 5.41) is 3.95. The normalized spacial score (nSPS) is 16.1. The molecule has 1 aliphatic rings. The molecule has 1 aliphatic heterocycles. The Morgan fingerprint density at radius 1 is 1.29 bits per heavy atom. The Bertz CT molecular complexity index is 347. The molecule has 0 radical (unpaired) electrons. The van der Waals surface area contributed by atoms with Crippen molar-refractivity contribution in [3.05, 3.63) is 5.89 Å². The van der Waals surface area contributed by atoms with Crippen molar-refractivity contribution in [1.82, 2.24) is 10.1 Å². The zero-order valence-corrected chi connectivity index (χ0v) is 9.80. The summed E-state index contributed by atoms with van der Waals surface area (Å²) in [6, 6.07) is 0. The predicted molar refractivity (Wildman–Crippen MR) is 60.9 cm³/mol. The van der Waals surface area contributed by atoms with Crippen LogP contribution < -0.4 is 4.90 Å². The van der Waals surface area contributed by atoms with Gasteiger partial charge in [0.1, 0.15) is 6.29 Å². The van der Waals surface area contributed by atoms with Gasteiger partial charge in [-0.15, -0.1) is 0 Å². The number of aldehydes is 1. The Morgan fingerprint density at radius 3 is 2.88 bits per heavy atom. The third-order valence-corrected chi connectivity index (χ3v) is 2.71. The minimum atomic E-state index is 0.602. The van der Waals surface area contributed by atoms with E-state index in [0.29, 0.717) is 31.5 Å². The average Bonchev–Trinajstić information content (AvgIpc) is 2.85. The number of carbonyl (C=O) groups is 1. The zero-order chi connectivity index (χ0) is 11.9. The van der Waals surface area contributed by atoms with Gasteiger partial charge in [-0.3, -0.25) is 0 Å². The maximum absolute atomic E-state index is 10.2. The molecular formula is C11H17N3O3. The molecule has 0 aromatic carbocycles. The predicted octanol–water partition coefficient (Wildman–Crippen LogP) is 0.818. The third-order valence-electron chi connectivity index (χ3n) is 2.71. The van der Waals surface area contributed by atoms with Crippen LogP contribution in [0, 0.1) is 0 Å². The van der Waals surface area contributed by atoms with Gasteiger partial charge in [0, 0.05) is 25.9 Å². The summed E-state index contributed by atoms with van der Waals surface area (Å²) in [7, 11) is 0. The van der Waals surface area contributed by atoms with Crippen molar-refractivity contribution in [2.24, 2.45) is 0 Å². The fourth-order valence-electron chi connectivity index (χ4n) is 1.74. The molecule has 0 spiro atoms. The highest BCUT2D eigenvalue weighted by Gasteiger charge is 2.16. The first-order chi connectivity index (χ1) is 8.40. The molecule has 0 saturated carbocycles. The van der Waals surface area contributed by atoms with Gasteiger partial charge in [0.05, 0.1) is 13.2 Å². The van der Waals surface area contributed by atoms with E-state index in [4.69, 9.17) is 9.26 Å². The number of aryl methyl sites for hydroxylation is 1. The van der Waals surface area contributed by atoms with Crippen LogP contribution in [0.3, 0.4) is 0 Å². The highest BCUT2D eigenvalue weighted by atomic mass is 16.5. The van der Waals surface area contributed by atoms with Crippen LogP contribution in [-0.4, -0.2) is 42.7 Å². The lowest BCUT2D eigenvalue weighted by Gasteiger charge is -2.24. The van der Waals surface area contributed by atoms with Crippen LogP contribution in [0.15, 0.2) is 4.52 Å². The molecule has 2 rings (SSSR count). The average molecular weight is 239 g/mol. The van der Waals surface area contributed by atoms with Gasteiger partial charge < -0.3 is 19.0 Å². The van der Waals surface area contributed by atoms with E-state index in [0.717, 1.165) is 38.6 Å². The van der Waals surface area contributed by atoms with E-state index in [1.54, 1.807) is 0 Å². The van der Waals surface area contributed by atoms with Gasteiger partial charge >= 0.3 is 0 Å². The van der Waals surface area contributed by atoms with Crippen molar-refractivity contribution in [3.63, 3.8) is 0 Å². The molecule has 0 atom stereocenters. The summed E-state index contributed by atoms with van der Waals surface area (Å²) in [4.78, 5) is 16.6. The van der Waals surface area contributed by atoms with Gasteiger partial charge in [0.25, 0.3) is 5.95 Å². The minimum absolute atomic E-state index is 0.602. The van der Waals surface area contributed by atoms with Crippen LogP contribution in [-0.2, 0) is 16.0 Å². The second kappa shape index (κ2) is 6.34. The number of nitrogens with zero attached hydrogens (tertiary/aromatic N) is 3. The largest absolute Gasteiger partial charge is 0.378 e. The van der Waals surface area contributed by atoms with E-state index in [1.807, 2.05) is 0 Å². The summed E-state index contributed by atoms with van der Waals surface area (Å²) < 4.78 is 10.4. The van der Waals surface area contributed by atoms with Crippen molar-refractivity contribution in [2.75, 3.05) is 31.2 Å². The standard InChI is InChI=1S/C11H17N3O3/c15-7-3-1-2-4-10-12-11(13-17-10)14-5-8-16-9-6-14/h7H,1-6,8-9H2. The highest BCUT2D eigenvalue weighted by molar-refractivity contribution is 5.48. The van der Waals surface area contributed by atoms with E-state index < -0.39 is 0 Å². The fourth-order valence-corrected chi connectivity index (χ4v) is 1.74. The van der Waals surface area contributed by atoms with E-state index in [-0.39, 0.29) is 0 Å². The van der Waals surface area contributed by atoms with Gasteiger partial charge in [-0.05, 0) is 18.0 Å². The second-order valence-electron chi connectivity index (χ2n) is 4.00. The Morgan fingerprint density at radius 2 is 2.12 bits per heavy atom. The molecule has 0 amide bonds. The van der Waals surface area contributed by atoms with Crippen LogP contribution in [0.25, 0.3) is 0 Å². The van der Waals surface area contributed by atoms with Gasteiger partial charge in [0.15, 0.2) is 0 Å². The summed E-state index contributed by atoms with van der Waals surface area (Å²) in [5.74, 6) is 1.30. The Kier molecular flexibility index (Phi) is 4.49. The first-order valence-electron chi connectivity index (χ1n) is 5.99. The first-order valence-corrected chi connectivity index (χ1v) is 5.99. The third kappa shape index (κ3) is 3.52. The topological polar surface area (TPSA) is 68.5 Å². The summed E-state index contributed by atoms with van der Waals surface area (Å²) in [5.41, 5.74) is 0. The van der Waals surface area contributed by atoms with E-state index in [1.165, 1.54) is 0 Å². The number of ether oxygens (including phenoxy) is 1. The molecule has 2 heterocycles. The number of anilines is 1. The zero-order valence-electron chi connectivity index (χ0n) is 9.80. The number of morpholine rings is 1. The van der Waals surface area contributed by atoms with Crippen molar-refractivity contribution in [3.8, 4) is 0 Å². The molecule has 17 heavy (non-hydrogen) atoms. The molecule has 1 aromatic rings. The van der Waals surface area contributed by atoms with Crippen LogP contribution in [0.2, 0.25) is 0 Å². The molecule has 1 aromatic heterocycles. The molecule has 0 aliphatic carbocycles. The lowest BCUT2D eigenvalue weighted by Crippen LogP contribution is -2.36. The monoisotopic (exact) mass is 239 g/mol. The number of carbonyl (C=O) groups excluding carboxylic acids is 1. The quantitative estimate of drug-likeness (QED) is 0.540. The fraction of sp³-hybridized carbons (Fsp3) is 0.727. The van der Waals surface area contributed by atoms with E-state index in [2.05, 4.69) is 15.0 Å². The van der Waals surface area contributed by atoms with E-state index >= 15 is 0 Å². The number of rotatable bonds is 6. The molecule has 0 unspecified atom stereocenters. The molecule has 0 N–H and O–H groups in total. The summed E-state index contributed by atoms with van der Waals surface area (Å²) in [6.07, 6.45) is 4.06. The lowest BCUT2D eigenvalue weighted by atomic mass is 10.2. The maximum atomic E-state index is 10.2. The number of hydrogen-bond acceptors (Lipinski definition) is 6. The van der Waals surface area contributed by atoms with Crippen LogP contribution in [0.1, 0.15) is 25.2 Å². The molecular weight excluding hydrogens is 222 g/mol. The second-order valence-corrected chi connectivity index (χ2v) is 4.00. The maximum Gasteiger partial charge on any atom is 0.266 e. The molecule has 0 bridgehead atoms. The molecule has 94 valence electrons. The van der Waals surface area contributed by atoms with Gasteiger partial charge in [-0.25, -0.2) is 0 Å². The van der Waals surface area contributed by atoms with Gasteiger partial charge in [-0.2, -0.15) is 4.98 Å². The smallest absolute Gasteiger partial charge is 0.266 e. The Hall–Kier alpha value is -1.43. The van der Waals surface area contributed by atoms with Crippen LogP contribution in [0.5, 0.6) is 0 Å². The van der Waals surface area contributed by atoms with Gasteiger partial charge in [0.2, 0.25) is 5.89 Å². The Labute approximate surface area is 99.9 Å².